The zero-order valence-corrected chi connectivity index (χ0v) is 14.2. The van der Waals surface area contributed by atoms with Gasteiger partial charge in [0.2, 0.25) is 5.91 Å². The molecule has 104 valence electrons. The van der Waals surface area contributed by atoms with Crippen molar-refractivity contribution in [1.29, 1.82) is 0 Å². The molecule has 0 heterocycles. The molecule has 1 amide bonds. The minimum atomic E-state index is -0.473. The predicted molar refractivity (Wildman–Crippen MR) is 90.6 cm³/mol. The van der Waals surface area contributed by atoms with E-state index in [1.807, 2.05) is 24.3 Å². The second-order valence-electron chi connectivity index (χ2n) is 4.26. The van der Waals surface area contributed by atoms with E-state index >= 15 is 0 Å². The van der Waals surface area contributed by atoms with Gasteiger partial charge in [-0.1, -0.05) is 34.1 Å². The number of amides is 1. The second-order valence-corrected chi connectivity index (χ2v) is 6.61. The van der Waals surface area contributed by atoms with Crippen molar-refractivity contribution in [3.05, 3.63) is 63.5 Å². The summed E-state index contributed by atoms with van der Waals surface area (Å²) in [5, 5.41) is 2.80. The summed E-state index contributed by atoms with van der Waals surface area (Å²) in [4.78, 5) is 11.6. The number of rotatable bonds is 4. The number of anilines is 1. The Labute approximate surface area is 139 Å². The highest BCUT2D eigenvalue weighted by Gasteiger charge is 2.17. The first-order valence-corrected chi connectivity index (χ1v) is 7.99. The van der Waals surface area contributed by atoms with Gasteiger partial charge in [0.1, 0.15) is 5.82 Å². The zero-order valence-electron chi connectivity index (χ0n) is 10.4. The lowest BCUT2D eigenvalue weighted by atomic mass is 10.1. The van der Waals surface area contributed by atoms with E-state index in [1.54, 1.807) is 18.2 Å². The average Bonchev–Trinajstić information content (AvgIpc) is 2.44. The van der Waals surface area contributed by atoms with Crippen LogP contribution in [-0.4, -0.2) is 10.7 Å². The molecular weight excluding hydrogens is 436 g/mol. The number of benzene rings is 2. The fourth-order valence-electron chi connectivity index (χ4n) is 1.70. The molecule has 0 aliphatic carbocycles. The number of hydrogen-bond donors (Lipinski definition) is 1. The molecule has 0 spiro atoms. The monoisotopic (exact) mass is 447 g/mol. The van der Waals surface area contributed by atoms with Crippen molar-refractivity contribution in [2.45, 2.75) is 11.2 Å². The Morgan fingerprint density at radius 1 is 1.20 bits per heavy atom. The molecule has 2 nitrogen and oxygen atoms in total. The predicted octanol–water partition coefficient (Wildman–Crippen LogP) is 4.38. The highest BCUT2D eigenvalue weighted by Crippen LogP contribution is 2.17. The third-order valence-corrected chi connectivity index (χ3v) is 4.21. The van der Waals surface area contributed by atoms with Crippen molar-refractivity contribution in [3.63, 3.8) is 0 Å². The largest absolute Gasteiger partial charge is 0.325 e. The Morgan fingerprint density at radius 2 is 1.85 bits per heavy atom. The van der Waals surface area contributed by atoms with Gasteiger partial charge >= 0.3 is 0 Å². The fourth-order valence-corrected chi connectivity index (χ4v) is 2.53. The molecule has 0 aliphatic heterocycles. The van der Waals surface area contributed by atoms with Gasteiger partial charge < -0.3 is 5.32 Å². The Bertz CT molecular complexity index is 603. The standard InChI is InChI=1S/C15H12BrFINO/c16-13(9-10-3-1-2-4-14(10)17)15(20)19-12-7-5-11(18)6-8-12/h1-8,13H,9H2,(H,19,20). The van der Waals surface area contributed by atoms with Crippen molar-refractivity contribution < 1.29 is 9.18 Å². The molecule has 0 saturated heterocycles. The lowest BCUT2D eigenvalue weighted by Gasteiger charge is -2.11. The number of nitrogens with one attached hydrogen (secondary N) is 1. The Balaban J connectivity index is 1.99. The lowest BCUT2D eigenvalue weighted by Crippen LogP contribution is -2.25. The van der Waals surface area contributed by atoms with E-state index in [-0.39, 0.29) is 11.7 Å². The van der Waals surface area contributed by atoms with Crippen LogP contribution in [0.15, 0.2) is 48.5 Å². The van der Waals surface area contributed by atoms with E-state index in [9.17, 15) is 9.18 Å². The molecule has 0 aromatic heterocycles. The summed E-state index contributed by atoms with van der Waals surface area (Å²) in [5.41, 5.74) is 1.25. The van der Waals surface area contributed by atoms with Gasteiger partial charge in [-0.15, -0.1) is 0 Å². The Morgan fingerprint density at radius 3 is 2.50 bits per heavy atom. The molecular formula is C15H12BrFINO. The number of halogens is 3. The molecule has 0 saturated carbocycles. The normalized spacial score (nSPS) is 11.9. The third-order valence-electron chi connectivity index (χ3n) is 2.75. The minimum absolute atomic E-state index is 0.186. The molecule has 0 radical (unpaired) electrons. The van der Waals surface area contributed by atoms with Crippen LogP contribution in [0.5, 0.6) is 0 Å². The molecule has 0 fully saturated rings. The van der Waals surface area contributed by atoms with E-state index in [4.69, 9.17) is 0 Å². The Kier molecular flexibility index (Phi) is 5.54. The number of carbonyl (C=O) groups excluding carboxylic acids is 1. The molecule has 5 heteroatoms. The molecule has 1 atom stereocenters. The summed E-state index contributed by atoms with van der Waals surface area (Å²) in [6, 6.07) is 14.0. The number of carbonyl (C=O) groups is 1. The third kappa shape index (κ3) is 4.28. The van der Waals surface area contributed by atoms with Crippen LogP contribution in [0.1, 0.15) is 5.56 Å². The van der Waals surface area contributed by atoms with Crippen molar-refractivity contribution in [1.82, 2.24) is 0 Å². The van der Waals surface area contributed by atoms with Crippen LogP contribution in [0.2, 0.25) is 0 Å². The van der Waals surface area contributed by atoms with Crippen molar-refractivity contribution >= 4 is 50.1 Å². The van der Waals surface area contributed by atoms with Crippen LogP contribution < -0.4 is 5.32 Å². The lowest BCUT2D eigenvalue weighted by molar-refractivity contribution is -0.115. The van der Waals surface area contributed by atoms with E-state index < -0.39 is 4.83 Å². The maximum absolute atomic E-state index is 13.5. The molecule has 2 aromatic rings. The molecule has 20 heavy (non-hydrogen) atoms. The number of alkyl halides is 1. The molecule has 1 unspecified atom stereocenters. The summed E-state index contributed by atoms with van der Waals surface area (Å²) in [6.07, 6.45) is 0.308. The smallest absolute Gasteiger partial charge is 0.238 e. The second kappa shape index (κ2) is 7.17. The van der Waals surface area contributed by atoms with E-state index in [2.05, 4.69) is 43.8 Å². The van der Waals surface area contributed by atoms with Gasteiger partial charge in [-0.25, -0.2) is 4.39 Å². The zero-order chi connectivity index (χ0) is 14.5. The van der Waals surface area contributed by atoms with Gasteiger partial charge in [0.05, 0.1) is 4.83 Å². The van der Waals surface area contributed by atoms with E-state index in [0.717, 1.165) is 9.26 Å². The maximum atomic E-state index is 13.5. The van der Waals surface area contributed by atoms with E-state index in [0.29, 0.717) is 12.0 Å². The molecule has 2 rings (SSSR count). The summed E-state index contributed by atoms with van der Waals surface area (Å²) in [5.74, 6) is -0.478. The van der Waals surface area contributed by atoms with E-state index in [1.165, 1.54) is 6.07 Å². The van der Waals surface area contributed by atoms with Crippen LogP contribution in [0.3, 0.4) is 0 Å². The first-order chi connectivity index (χ1) is 9.56. The van der Waals surface area contributed by atoms with Gasteiger partial charge in [0, 0.05) is 9.26 Å². The quantitative estimate of drug-likeness (QED) is 0.547. The van der Waals surface area contributed by atoms with Crippen molar-refractivity contribution in [3.8, 4) is 0 Å². The van der Waals surface area contributed by atoms with Crippen molar-refractivity contribution in [2.75, 3.05) is 5.32 Å². The SMILES string of the molecule is O=C(Nc1ccc(I)cc1)C(Br)Cc1ccccc1F. The van der Waals surface area contributed by atoms with Gasteiger partial charge in [-0.05, 0) is 64.9 Å². The number of hydrogen-bond acceptors (Lipinski definition) is 1. The van der Waals surface area contributed by atoms with Gasteiger partial charge in [0.15, 0.2) is 0 Å². The average molecular weight is 448 g/mol. The maximum Gasteiger partial charge on any atom is 0.238 e. The molecule has 2 aromatic carbocycles. The first-order valence-electron chi connectivity index (χ1n) is 6.00. The molecule has 1 N–H and O–H groups in total. The summed E-state index contributed by atoms with van der Waals surface area (Å²) < 4.78 is 14.6. The fraction of sp³-hybridized carbons (Fsp3) is 0.133. The summed E-state index contributed by atoms with van der Waals surface area (Å²) in [6.45, 7) is 0. The molecule has 0 aliphatic rings. The Hall–Kier alpha value is -0.950. The highest BCUT2D eigenvalue weighted by atomic mass is 127. The van der Waals surface area contributed by atoms with Crippen LogP contribution in [-0.2, 0) is 11.2 Å². The van der Waals surface area contributed by atoms with Crippen LogP contribution in [0.25, 0.3) is 0 Å². The van der Waals surface area contributed by atoms with Crippen molar-refractivity contribution in [2.24, 2.45) is 0 Å². The summed E-state index contributed by atoms with van der Waals surface area (Å²) in [7, 11) is 0. The minimum Gasteiger partial charge on any atom is -0.325 e. The van der Waals surface area contributed by atoms with Gasteiger partial charge in [-0.2, -0.15) is 0 Å². The topological polar surface area (TPSA) is 29.1 Å². The highest BCUT2D eigenvalue weighted by molar-refractivity contribution is 14.1. The summed E-state index contributed by atoms with van der Waals surface area (Å²) >= 11 is 5.50. The van der Waals surface area contributed by atoms with Crippen LogP contribution in [0, 0.1) is 9.39 Å². The van der Waals surface area contributed by atoms with Gasteiger partial charge in [-0.3, -0.25) is 4.79 Å². The van der Waals surface area contributed by atoms with Crippen LogP contribution >= 0.6 is 38.5 Å². The van der Waals surface area contributed by atoms with Crippen LogP contribution in [0.4, 0.5) is 10.1 Å². The first kappa shape index (κ1) is 15.4. The van der Waals surface area contributed by atoms with Gasteiger partial charge in [0.25, 0.3) is 0 Å². The molecule has 0 bridgehead atoms.